The zero-order valence-electron chi connectivity index (χ0n) is 10.8. The highest BCUT2D eigenvalue weighted by molar-refractivity contribution is 7.99. The fraction of sp³-hybridized carbons (Fsp3) is 0.500. The number of aliphatic hydroxyl groups is 1. The quantitative estimate of drug-likeness (QED) is 0.594. The third-order valence-electron chi connectivity index (χ3n) is 2.91. The van der Waals surface area contributed by atoms with Crippen molar-refractivity contribution in [2.24, 2.45) is 0 Å². The van der Waals surface area contributed by atoms with Gasteiger partial charge < -0.3 is 10.1 Å². The summed E-state index contributed by atoms with van der Waals surface area (Å²) in [5.41, 5.74) is 3.42. The van der Waals surface area contributed by atoms with E-state index in [1.807, 2.05) is 0 Å². The lowest BCUT2D eigenvalue weighted by atomic mass is 10.2. The molecule has 2 rings (SSSR count). The molecule has 0 radical (unpaired) electrons. The van der Waals surface area contributed by atoms with Crippen LogP contribution >= 0.6 is 11.8 Å². The molecule has 1 aromatic carbocycles. The fourth-order valence-electron chi connectivity index (χ4n) is 1.90. The van der Waals surface area contributed by atoms with Crippen LogP contribution in [0.2, 0.25) is 0 Å². The average Bonchev–Trinajstić information content (AvgIpc) is 2.75. The van der Waals surface area contributed by atoms with Crippen LogP contribution in [0.15, 0.2) is 23.4 Å². The Balaban J connectivity index is 1.81. The Hall–Kier alpha value is -1.00. The summed E-state index contributed by atoms with van der Waals surface area (Å²) in [6, 6.07) is 6.28. The van der Waals surface area contributed by atoms with E-state index < -0.39 is 0 Å². The molecular weight excluding hydrogens is 244 g/mol. The number of thioether (sulfide) groups is 1. The van der Waals surface area contributed by atoms with Crippen molar-refractivity contribution in [3.63, 3.8) is 0 Å². The summed E-state index contributed by atoms with van der Waals surface area (Å²) in [4.78, 5) is 7.91. The second kappa shape index (κ2) is 6.81. The van der Waals surface area contributed by atoms with Gasteiger partial charge in [-0.05, 0) is 37.5 Å². The summed E-state index contributed by atoms with van der Waals surface area (Å²) >= 11 is 1.78. The monoisotopic (exact) mass is 264 g/mol. The van der Waals surface area contributed by atoms with Gasteiger partial charge in [-0.2, -0.15) is 0 Å². The summed E-state index contributed by atoms with van der Waals surface area (Å²) in [6.45, 7) is 2.41. The molecule has 0 bridgehead atoms. The summed E-state index contributed by atoms with van der Waals surface area (Å²) in [6.07, 6.45) is 4.42. The predicted octanol–water partition coefficient (Wildman–Crippen LogP) is 3.52. The fourth-order valence-corrected chi connectivity index (χ4v) is 2.79. The smallest absolute Gasteiger partial charge is 0.166 e. The van der Waals surface area contributed by atoms with Gasteiger partial charge in [0.25, 0.3) is 0 Å². The Labute approximate surface area is 112 Å². The highest BCUT2D eigenvalue weighted by Crippen LogP contribution is 2.21. The Kier molecular flexibility index (Phi) is 5.08. The third kappa shape index (κ3) is 3.75. The first-order valence-electron chi connectivity index (χ1n) is 6.49. The number of aryl methyl sites for hydroxylation is 1. The second-order valence-corrected chi connectivity index (χ2v) is 5.63. The molecule has 1 heterocycles. The van der Waals surface area contributed by atoms with Gasteiger partial charge >= 0.3 is 0 Å². The average molecular weight is 264 g/mol. The topological polar surface area (TPSA) is 48.9 Å². The van der Waals surface area contributed by atoms with Gasteiger partial charge in [-0.15, -0.1) is 0 Å². The van der Waals surface area contributed by atoms with E-state index in [4.69, 9.17) is 5.11 Å². The maximum absolute atomic E-state index is 8.68. The molecule has 0 saturated heterocycles. The largest absolute Gasteiger partial charge is 0.396 e. The lowest BCUT2D eigenvalue weighted by Gasteiger charge is -1.98. The highest BCUT2D eigenvalue weighted by Gasteiger charge is 2.02. The van der Waals surface area contributed by atoms with Crippen molar-refractivity contribution < 1.29 is 5.11 Å². The molecule has 98 valence electrons. The van der Waals surface area contributed by atoms with Gasteiger partial charge in [-0.3, -0.25) is 0 Å². The lowest BCUT2D eigenvalue weighted by Crippen LogP contribution is -1.85. The molecule has 0 aliphatic rings. The van der Waals surface area contributed by atoms with Crippen molar-refractivity contribution in [2.75, 3.05) is 12.4 Å². The molecule has 0 aliphatic heterocycles. The van der Waals surface area contributed by atoms with E-state index in [0.29, 0.717) is 6.61 Å². The summed E-state index contributed by atoms with van der Waals surface area (Å²) in [5, 5.41) is 9.70. The standard InChI is InChI=1S/C14H20N2OS/c1-11-6-7-12-13(10-11)16-14(15-12)18-9-5-3-2-4-8-17/h6-7,10,17H,2-5,8-9H2,1H3,(H,15,16). The number of imidazole rings is 1. The van der Waals surface area contributed by atoms with Gasteiger partial charge in [-0.25, -0.2) is 4.98 Å². The molecule has 3 nitrogen and oxygen atoms in total. The molecule has 4 heteroatoms. The summed E-state index contributed by atoms with van der Waals surface area (Å²) in [5.74, 6) is 1.09. The number of H-pyrrole nitrogens is 1. The Morgan fingerprint density at radius 3 is 2.89 bits per heavy atom. The van der Waals surface area contributed by atoms with E-state index >= 15 is 0 Å². The van der Waals surface area contributed by atoms with Crippen LogP contribution in [-0.4, -0.2) is 27.4 Å². The van der Waals surface area contributed by atoms with Crippen molar-refractivity contribution in [3.8, 4) is 0 Å². The summed E-state index contributed by atoms with van der Waals surface area (Å²) in [7, 11) is 0. The number of nitrogens with one attached hydrogen (secondary N) is 1. The Morgan fingerprint density at radius 1 is 1.22 bits per heavy atom. The minimum absolute atomic E-state index is 0.316. The van der Waals surface area contributed by atoms with E-state index in [1.165, 1.54) is 18.4 Å². The molecule has 2 aromatic rings. The van der Waals surface area contributed by atoms with E-state index in [2.05, 4.69) is 35.1 Å². The molecule has 2 N–H and O–H groups in total. The van der Waals surface area contributed by atoms with Crippen LogP contribution in [0.5, 0.6) is 0 Å². The van der Waals surface area contributed by atoms with E-state index in [0.717, 1.165) is 34.8 Å². The van der Waals surface area contributed by atoms with Crippen LogP contribution in [0.4, 0.5) is 0 Å². The van der Waals surface area contributed by atoms with Crippen molar-refractivity contribution in [1.82, 2.24) is 9.97 Å². The van der Waals surface area contributed by atoms with Crippen LogP contribution in [0, 0.1) is 6.92 Å². The number of aromatic amines is 1. The van der Waals surface area contributed by atoms with Gasteiger partial charge in [0.05, 0.1) is 11.0 Å². The zero-order valence-corrected chi connectivity index (χ0v) is 11.6. The van der Waals surface area contributed by atoms with Crippen LogP contribution in [0.3, 0.4) is 0 Å². The van der Waals surface area contributed by atoms with E-state index in [1.54, 1.807) is 11.8 Å². The predicted molar refractivity (Wildman–Crippen MR) is 77.1 cm³/mol. The number of nitrogens with zero attached hydrogens (tertiary/aromatic N) is 1. The van der Waals surface area contributed by atoms with Crippen molar-refractivity contribution in [2.45, 2.75) is 37.8 Å². The minimum Gasteiger partial charge on any atom is -0.396 e. The maximum Gasteiger partial charge on any atom is 0.166 e. The van der Waals surface area contributed by atoms with Crippen molar-refractivity contribution in [3.05, 3.63) is 23.8 Å². The van der Waals surface area contributed by atoms with Crippen LogP contribution in [-0.2, 0) is 0 Å². The normalized spacial score (nSPS) is 11.2. The number of hydrogen-bond donors (Lipinski definition) is 2. The Bertz CT molecular complexity index is 495. The van der Waals surface area contributed by atoms with Gasteiger partial charge in [-0.1, -0.05) is 30.7 Å². The number of rotatable bonds is 7. The highest BCUT2D eigenvalue weighted by atomic mass is 32.2. The Morgan fingerprint density at radius 2 is 2.06 bits per heavy atom. The van der Waals surface area contributed by atoms with Gasteiger partial charge in [0, 0.05) is 12.4 Å². The minimum atomic E-state index is 0.316. The lowest BCUT2D eigenvalue weighted by molar-refractivity contribution is 0.283. The summed E-state index contributed by atoms with van der Waals surface area (Å²) < 4.78 is 0. The molecule has 1 aromatic heterocycles. The zero-order chi connectivity index (χ0) is 12.8. The van der Waals surface area contributed by atoms with Crippen molar-refractivity contribution >= 4 is 22.8 Å². The maximum atomic E-state index is 8.68. The first-order valence-corrected chi connectivity index (χ1v) is 7.48. The number of benzene rings is 1. The number of aromatic nitrogens is 2. The van der Waals surface area contributed by atoms with Crippen LogP contribution in [0.1, 0.15) is 31.2 Å². The molecule has 0 spiro atoms. The molecular formula is C14H20N2OS. The number of unbranched alkanes of at least 4 members (excludes halogenated alkanes) is 3. The SMILES string of the molecule is Cc1ccc2nc(SCCCCCCO)[nH]c2c1. The molecule has 0 fully saturated rings. The van der Waals surface area contributed by atoms with E-state index in [-0.39, 0.29) is 0 Å². The van der Waals surface area contributed by atoms with Crippen LogP contribution in [0.25, 0.3) is 11.0 Å². The first kappa shape index (κ1) is 13.4. The molecule has 0 atom stereocenters. The molecule has 0 unspecified atom stereocenters. The van der Waals surface area contributed by atoms with Crippen LogP contribution < -0.4 is 0 Å². The van der Waals surface area contributed by atoms with Gasteiger partial charge in [0.2, 0.25) is 0 Å². The molecule has 0 amide bonds. The molecule has 0 saturated carbocycles. The first-order chi connectivity index (χ1) is 8.79. The number of aliphatic hydroxyl groups excluding tert-OH is 1. The van der Waals surface area contributed by atoms with E-state index in [9.17, 15) is 0 Å². The second-order valence-electron chi connectivity index (χ2n) is 4.55. The molecule has 0 aliphatic carbocycles. The van der Waals surface area contributed by atoms with Crippen molar-refractivity contribution in [1.29, 1.82) is 0 Å². The number of fused-ring (bicyclic) bond motifs is 1. The third-order valence-corrected chi connectivity index (χ3v) is 3.87. The van der Waals surface area contributed by atoms with Gasteiger partial charge in [0.1, 0.15) is 0 Å². The van der Waals surface area contributed by atoms with Gasteiger partial charge in [0.15, 0.2) is 5.16 Å². The number of hydrogen-bond acceptors (Lipinski definition) is 3. The molecule has 18 heavy (non-hydrogen) atoms.